The number of benzene rings is 1. The zero-order valence-corrected chi connectivity index (χ0v) is 13.0. The number of rotatable bonds is 4. The van der Waals surface area contributed by atoms with Crippen molar-refractivity contribution in [1.29, 1.82) is 0 Å². The van der Waals surface area contributed by atoms with Crippen molar-refractivity contribution in [1.82, 2.24) is 14.5 Å². The number of aromatic nitrogens is 2. The Morgan fingerprint density at radius 2 is 2.00 bits per heavy atom. The molecule has 2 aromatic rings. The summed E-state index contributed by atoms with van der Waals surface area (Å²) in [5.74, 6) is 0. The van der Waals surface area contributed by atoms with E-state index in [0.29, 0.717) is 6.04 Å². The van der Waals surface area contributed by atoms with Gasteiger partial charge >= 0.3 is 0 Å². The van der Waals surface area contributed by atoms with Gasteiger partial charge in [-0.25, -0.2) is 4.98 Å². The number of nitrogens with two attached hydrogens (primary N) is 1. The average molecular weight is 307 g/mol. The van der Waals surface area contributed by atoms with E-state index >= 15 is 0 Å². The van der Waals surface area contributed by atoms with Gasteiger partial charge in [-0.15, -0.1) is 12.4 Å². The smallest absolute Gasteiger partial charge is 0.0991 e. The number of imidazole rings is 1. The Kier molecular flexibility index (Phi) is 5.79. The molecule has 1 aliphatic rings. The Bertz CT molecular complexity index is 524. The lowest BCUT2D eigenvalue weighted by atomic mass is 10.0. The number of likely N-dealkylation sites (tertiary alicyclic amines) is 1. The van der Waals surface area contributed by atoms with E-state index in [-0.39, 0.29) is 12.4 Å². The van der Waals surface area contributed by atoms with Crippen LogP contribution in [0.5, 0.6) is 0 Å². The summed E-state index contributed by atoms with van der Waals surface area (Å²) in [6.07, 6.45) is 9.44. The summed E-state index contributed by atoms with van der Waals surface area (Å²) >= 11 is 0. The number of hydrogen-bond donors (Lipinski definition) is 1. The molecule has 5 heteroatoms. The van der Waals surface area contributed by atoms with E-state index in [1.807, 2.05) is 17.1 Å². The van der Waals surface area contributed by atoms with Gasteiger partial charge in [0.2, 0.25) is 0 Å². The van der Waals surface area contributed by atoms with Gasteiger partial charge in [0, 0.05) is 37.2 Å². The van der Waals surface area contributed by atoms with Gasteiger partial charge in [-0.1, -0.05) is 18.6 Å². The molecule has 0 spiro atoms. The van der Waals surface area contributed by atoms with E-state index in [9.17, 15) is 0 Å². The monoisotopic (exact) mass is 306 g/mol. The fourth-order valence-electron chi connectivity index (χ4n) is 2.95. The zero-order valence-electron chi connectivity index (χ0n) is 12.2. The van der Waals surface area contributed by atoms with E-state index in [2.05, 4.69) is 34.1 Å². The highest BCUT2D eigenvalue weighted by Gasteiger charge is 2.20. The van der Waals surface area contributed by atoms with Crippen LogP contribution < -0.4 is 5.73 Å². The molecule has 0 radical (unpaired) electrons. The van der Waals surface area contributed by atoms with Gasteiger partial charge < -0.3 is 10.3 Å². The van der Waals surface area contributed by atoms with Crippen LogP contribution in [0, 0.1) is 0 Å². The van der Waals surface area contributed by atoms with Gasteiger partial charge in [-0.2, -0.15) is 0 Å². The van der Waals surface area contributed by atoms with Crippen LogP contribution in [0.25, 0.3) is 5.69 Å². The second kappa shape index (κ2) is 7.59. The maximum Gasteiger partial charge on any atom is 0.0991 e. The van der Waals surface area contributed by atoms with Crippen LogP contribution >= 0.6 is 12.4 Å². The standard InChI is InChI=1S/C16H22N4.ClH/c17-11-16-3-1-2-9-19(16)12-14-4-6-15(7-5-14)20-10-8-18-13-20;/h4-8,10,13,16H,1-3,9,11-12,17H2;1H. The Hall–Kier alpha value is -1.36. The van der Waals surface area contributed by atoms with Crippen LogP contribution in [0.3, 0.4) is 0 Å². The lowest BCUT2D eigenvalue weighted by Gasteiger charge is -2.35. The van der Waals surface area contributed by atoms with Crippen LogP contribution in [0.2, 0.25) is 0 Å². The van der Waals surface area contributed by atoms with Crippen molar-refractivity contribution in [3.05, 3.63) is 48.5 Å². The predicted octanol–water partition coefficient (Wildman–Crippen LogP) is 2.61. The largest absolute Gasteiger partial charge is 0.329 e. The molecule has 1 aromatic heterocycles. The Labute approximate surface area is 132 Å². The summed E-state index contributed by atoms with van der Waals surface area (Å²) in [7, 11) is 0. The molecular weight excluding hydrogens is 284 g/mol. The zero-order chi connectivity index (χ0) is 13.8. The van der Waals surface area contributed by atoms with Crippen LogP contribution in [0.4, 0.5) is 0 Å². The first-order chi connectivity index (χ1) is 9.86. The third-order valence-electron chi connectivity index (χ3n) is 4.15. The van der Waals surface area contributed by atoms with Gasteiger partial charge in [-0.3, -0.25) is 4.90 Å². The molecule has 0 aliphatic carbocycles. The van der Waals surface area contributed by atoms with Crippen LogP contribution in [-0.2, 0) is 6.54 Å². The molecule has 21 heavy (non-hydrogen) atoms. The lowest BCUT2D eigenvalue weighted by molar-refractivity contribution is 0.145. The summed E-state index contributed by atoms with van der Waals surface area (Å²) < 4.78 is 2.02. The molecule has 1 unspecified atom stereocenters. The highest BCUT2D eigenvalue weighted by Crippen LogP contribution is 2.19. The molecule has 4 nitrogen and oxygen atoms in total. The first-order valence-electron chi connectivity index (χ1n) is 7.38. The minimum Gasteiger partial charge on any atom is -0.329 e. The number of piperidine rings is 1. The molecule has 1 saturated heterocycles. The molecule has 114 valence electrons. The Balaban J connectivity index is 0.00000161. The second-order valence-corrected chi connectivity index (χ2v) is 5.49. The third-order valence-corrected chi connectivity index (χ3v) is 4.15. The molecule has 0 saturated carbocycles. The molecule has 2 N–H and O–H groups in total. The molecule has 0 amide bonds. The Morgan fingerprint density at radius 1 is 1.19 bits per heavy atom. The van der Waals surface area contributed by atoms with Crippen molar-refractivity contribution in [2.24, 2.45) is 5.73 Å². The summed E-state index contributed by atoms with van der Waals surface area (Å²) in [6, 6.07) is 9.27. The lowest BCUT2D eigenvalue weighted by Crippen LogP contribution is -2.43. The summed E-state index contributed by atoms with van der Waals surface area (Å²) in [4.78, 5) is 6.60. The van der Waals surface area contributed by atoms with Gasteiger partial charge in [0.25, 0.3) is 0 Å². The van der Waals surface area contributed by atoms with Crippen molar-refractivity contribution in [2.75, 3.05) is 13.1 Å². The van der Waals surface area contributed by atoms with E-state index in [1.54, 1.807) is 6.20 Å². The van der Waals surface area contributed by atoms with Gasteiger partial charge in [0.05, 0.1) is 6.33 Å². The van der Waals surface area contributed by atoms with Crippen LogP contribution in [0.15, 0.2) is 43.0 Å². The predicted molar refractivity (Wildman–Crippen MR) is 87.9 cm³/mol. The molecule has 1 fully saturated rings. The molecular formula is C16H23ClN4. The highest BCUT2D eigenvalue weighted by molar-refractivity contribution is 5.85. The van der Waals surface area contributed by atoms with Crippen LogP contribution in [-0.4, -0.2) is 33.6 Å². The maximum absolute atomic E-state index is 5.88. The minimum absolute atomic E-state index is 0. The molecule has 1 aromatic carbocycles. The minimum atomic E-state index is 0. The van der Waals surface area contributed by atoms with Crippen LogP contribution in [0.1, 0.15) is 24.8 Å². The first-order valence-corrected chi connectivity index (χ1v) is 7.38. The fraction of sp³-hybridized carbons (Fsp3) is 0.438. The molecule has 1 aliphatic heterocycles. The normalized spacial score (nSPS) is 19.2. The molecule has 3 rings (SSSR count). The number of hydrogen-bond acceptors (Lipinski definition) is 3. The van der Waals surface area contributed by atoms with Crippen molar-refractivity contribution < 1.29 is 0 Å². The summed E-state index contributed by atoms with van der Waals surface area (Å²) in [5, 5.41) is 0. The van der Waals surface area contributed by atoms with E-state index in [0.717, 1.165) is 18.8 Å². The fourth-order valence-corrected chi connectivity index (χ4v) is 2.95. The van der Waals surface area contributed by atoms with E-state index < -0.39 is 0 Å². The summed E-state index contributed by atoms with van der Waals surface area (Å²) in [6.45, 7) is 2.95. The molecule has 0 bridgehead atoms. The second-order valence-electron chi connectivity index (χ2n) is 5.49. The van der Waals surface area contributed by atoms with E-state index in [1.165, 1.54) is 31.4 Å². The van der Waals surface area contributed by atoms with Crippen molar-refractivity contribution in [2.45, 2.75) is 31.8 Å². The topological polar surface area (TPSA) is 47.1 Å². The van der Waals surface area contributed by atoms with E-state index in [4.69, 9.17) is 5.73 Å². The summed E-state index contributed by atoms with van der Waals surface area (Å²) in [5.41, 5.74) is 8.39. The number of nitrogens with zero attached hydrogens (tertiary/aromatic N) is 3. The SMILES string of the molecule is Cl.NCC1CCCCN1Cc1ccc(-n2ccnc2)cc1. The van der Waals surface area contributed by atoms with Crippen molar-refractivity contribution in [3.8, 4) is 5.69 Å². The van der Waals surface area contributed by atoms with Crippen molar-refractivity contribution in [3.63, 3.8) is 0 Å². The molecule has 2 heterocycles. The van der Waals surface area contributed by atoms with Gasteiger partial charge in [0.1, 0.15) is 0 Å². The highest BCUT2D eigenvalue weighted by atomic mass is 35.5. The third kappa shape index (κ3) is 3.84. The van der Waals surface area contributed by atoms with Gasteiger partial charge in [-0.05, 0) is 37.1 Å². The quantitative estimate of drug-likeness (QED) is 0.944. The number of halogens is 1. The average Bonchev–Trinajstić information content (AvgIpc) is 3.03. The maximum atomic E-state index is 5.88. The molecule has 1 atom stereocenters. The first kappa shape index (κ1) is 16.0. The Morgan fingerprint density at radius 3 is 2.67 bits per heavy atom. The van der Waals surface area contributed by atoms with Gasteiger partial charge in [0.15, 0.2) is 0 Å². The van der Waals surface area contributed by atoms with Crippen molar-refractivity contribution >= 4 is 12.4 Å².